The first-order chi connectivity index (χ1) is 18.9. The highest BCUT2D eigenvalue weighted by atomic mass is 15.0. The highest BCUT2D eigenvalue weighted by Gasteiger charge is 2.16. The standard InChI is InChI=1S/C35H23N3/c1-3-11-26(12-4-1)37-32-17-9-7-15-28(32)30-21-24(19-20-34(30)37)25-22-31-29-16-8-10-18-33(29)38(35(31)36-23-25)27-13-5-2-6-14-27/h1-23H. The number of fused-ring (bicyclic) bond motifs is 6. The van der Waals surface area contributed by atoms with Crippen molar-refractivity contribution in [2.45, 2.75) is 0 Å². The summed E-state index contributed by atoms with van der Waals surface area (Å²) in [6.45, 7) is 0. The lowest BCUT2D eigenvalue weighted by molar-refractivity contribution is 1.14. The third kappa shape index (κ3) is 3.06. The molecule has 0 bridgehead atoms. The summed E-state index contributed by atoms with van der Waals surface area (Å²) in [5.41, 5.74) is 9.13. The summed E-state index contributed by atoms with van der Waals surface area (Å²) in [6.07, 6.45) is 2.01. The van der Waals surface area contributed by atoms with Gasteiger partial charge in [0.1, 0.15) is 5.65 Å². The maximum Gasteiger partial charge on any atom is 0.145 e. The minimum Gasteiger partial charge on any atom is -0.309 e. The second-order valence-corrected chi connectivity index (χ2v) is 9.70. The maximum absolute atomic E-state index is 5.02. The van der Waals surface area contributed by atoms with Crippen molar-refractivity contribution in [3.63, 3.8) is 0 Å². The maximum atomic E-state index is 5.02. The van der Waals surface area contributed by atoms with Gasteiger partial charge in [0.05, 0.1) is 16.6 Å². The van der Waals surface area contributed by atoms with Gasteiger partial charge in [-0.25, -0.2) is 4.98 Å². The van der Waals surface area contributed by atoms with Gasteiger partial charge in [-0.15, -0.1) is 0 Å². The highest BCUT2D eigenvalue weighted by Crippen LogP contribution is 2.37. The van der Waals surface area contributed by atoms with Crippen LogP contribution in [0.15, 0.2) is 140 Å². The average molecular weight is 486 g/mol. The Labute approximate surface area is 219 Å². The van der Waals surface area contributed by atoms with Crippen molar-refractivity contribution in [2.24, 2.45) is 0 Å². The van der Waals surface area contributed by atoms with Crippen molar-refractivity contribution in [3.05, 3.63) is 140 Å². The molecule has 3 heteroatoms. The molecule has 0 unspecified atom stereocenters. The molecule has 0 spiro atoms. The van der Waals surface area contributed by atoms with Crippen LogP contribution in [0.2, 0.25) is 0 Å². The van der Waals surface area contributed by atoms with Crippen molar-refractivity contribution in [1.82, 2.24) is 14.1 Å². The van der Waals surface area contributed by atoms with Crippen molar-refractivity contribution in [1.29, 1.82) is 0 Å². The molecule has 0 saturated heterocycles. The molecule has 0 aliphatic rings. The number of nitrogens with zero attached hydrogens (tertiary/aromatic N) is 3. The molecular weight excluding hydrogens is 462 g/mol. The molecule has 3 nitrogen and oxygen atoms in total. The summed E-state index contributed by atoms with van der Waals surface area (Å²) >= 11 is 0. The van der Waals surface area contributed by atoms with Gasteiger partial charge in [0.15, 0.2) is 0 Å². The summed E-state index contributed by atoms with van der Waals surface area (Å²) in [7, 11) is 0. The molecule has 3 aromatic heterocycles. The van der Waals surface area contributed by atoms with Crippen LogP contribution in [0.5, 0.6) is 0 Å². The average Bonchev–Trinajstić information content (AvgIpc) is 3.50. The lowest BCUT2D eigenvalue weighted by Gasteiger charge is -2.08. The smallest absolute Gasteiger partial charge is 0.145 e. The molecule has 0 atom stereocenters. The molecule has 8 aromatic rings. The van der Waals surface area contributed by atoms with Crippen molar-refractivity contribution < 1.29 is 0 Å². The Morgan fingerprint density at radius 3 is 1.63 bits per heavy atom. The molecule has 178 valence electrons. The van der Waals surface area contributed by atoms with Crippen LogP contribution in [0.4, 0.5) is 0 Å². The quantitative estimate of drug-likeness (QED) is 0.245. The predicted octanol–water partition coefficient (Wildman–Crippen LogP) is 8.94. The van der Waals surface area contributed by atoms with Crippen LogP contribution >= 0.6 is 0 Å². The third-order valence-corrected chi connectivity index (χ3v) is 7.55. The second kappa shape index (κ2) is 8.19. The monoisotopic (exact) mass is 485 g/mol. The summed E-state index contributed by atoms with van der Waals surface area (Å²) < 4.78 is 4.61. The summed E-state index contributed by atoms with van der Waals surface area (Å²) in [4.78, 5) is 5.02. The van der Waals surface area contributed by atoms with Gasteiger partial charge in [-0.05, 0) is 60.2 Å². The first-order valence-corrected chi connectivity index (χ1v) is 12.9. The molecular formula is C35H23N3. The van der Waals surface area contributed by atoms with Crippen molar-refractivity contribution in [3.8, 4) is 22.5 Å². The number of hydrogen-bond acceptors (Lipinski definition) is 1. The van der Waals surface area contributed by atoms with E-state index in [0.717, 1.165) is 22.3 Å². The van der Waals surface area contributed by atoms with Gasteiger partial charge < -0.3 is 4.57 Å². The Morgan fingerprint density at radius 1 is 0.395 bits per heavy atom. The number of pyridine rings is 1. The Bertz CT molecular complexity index is 1960. The Balaban J connectivity index is 1.36. The van der Waals surface area contributed by atoms with E-state index in [2.05, 4.69) is 137 Å². The molecule has 0 aliphatic heterocycles. The van der Waals surface area contributed by atoms with Crippen molar-refractivity contribution >= 4 is 43.7 Å². The molecule has 0 N–H and O–H groups in total. The number of benzene rings is 5. The first kappa shape index (κ1) is 21.0. The van der Waals surface area contributed by atoms with Crippen LogP contribution in [0.3, 0.4) is 0 Å². The van der Waals surface area contributed by atoms with Crippen LogP contribution in [0.25, 0.3) is 66.2 Å². The Morgan fingerprint density at radius 2 is 0.921 bits per heavy atom. The Hall–Kier alpha value is -5.15. The van der Waals surface area contributed by atoms with E-state index in [9.17, 15) is 0 Å². The highest BCUT2D eigenvalue weighted by molar-refractivity contribution is 6.11. The van der Waals surface area contributed by atoms with Crippen LogP contribution in [0, 0.1) is 0 Å². The summed E-state index contributed by atoms with van der Waals surface area (Å²) in [5.74, 6) is 0. The second-order valence-electron chi connectivity index (χ2n) is 9.70. The first-order valence-electron chi connectivity index (χ1n) is 12.9. The minimum absolute atomic E-state index is 0.975. The van der Waals surface area contributed by atoms with E-state index in [-0.39, 0.29) is 0 Å². The van der Waals surface area contributed by atoms with Gasteiger partial charge in [-0.3, -0.25) is 4.57 Å². The molecule has 38 heavy (non-hydrogen) atoms. The largest absolute Gasteiger partial charge is 0.309 e. The van der Waals surface area contributed by atoms with E-state index < -0.39 is 0 Å². The van der Waals surface area contributed by atoms with E-state index in [4.69, 9.17) is 4.98 Å². The molecule has 8 rings (SSSR count). The van der Waals surface area contributed by atoms with E-state index in [1.165, 1.54) is 44.0 Å². The lowest BCUT2D eigenvalue weighted by atomic mass is 10.0. The Kier molecular flexibility index (Phi) is 4.52. The van der Waals surface area contributed by atoms with Crippen LogP contribution < -0.4 is 0 Å². The molecule has 3 heterocycles. The van der Waals surface area contributed by atoms with Crippen LogP contribution in [-0.4, -0.2) is 14.1 Å². The fourth-order valence-electron chi connectivity index (χ4n) is 5.85. The van der Waals surface area contributed by atoms with Crippen LogP contribution in [-0.2, 0) is 0 Å². The minimum atomic E-state index is 0.975. The normalized spacial score (nSPS) is 11.7. The summed E-state index contributed by atoms with van der Waals surface area (Å²) in [6, 6.07) is 47.4. The van der Waals surface area contributed by atoms with Crippen molar-refractivity contribution in [2.75, 3.05) is 0 Å². The molecule has 0 amide bonds. The fraction of sp³-hybridized carbons (Fsp3) is 0. The van der Waals surface area contributed by atoms with Gasteiger partial charge >= 0.3 is 0 Å². The SMILES string of the molecule is c1ccc(-n2c3ccccc3c3cc(-c4cnc5c(c4)c4ccccc4n5-c4ccccc4)ccc32)cc1. The van der Waals surface area contributed by atoms with Gasteiger partial charge in [0, 0.05) is 44.7 Å². The van der Waals surface area contributed by atoms with E-state index in [1.807, 2.05) is 12.3 Å². The number of aromatic nitrogens is 3. The predicted molar refractivity (Wildman–Crippen MR) is 158 cm³/mol. The molecule has 0 fully saturated rings. The number of para-hydroxylation sites is 4. The topological polar surface area (TPSA) is 22.8 Å². The zero-order valence-electron chi connectivity index (χ0n) is 20.6. The van der Waals surface area contributed by atoms with Gasteiger partial charge in [-0.1, -0.05) is 78.9 Å². The van der Waals surface area contributed by atoms with Gasteiger partial charge in [-0.2, -0.15) is 0 Å². The van der Waals surface area contributed by atoms with E-state index >= 15 is 0 Å². The molecule has 0 aliphatic carbocycles. The molecule has 5 aromatic carbocycles. The van der Waals surface area contributed by atoms with E-state index in [0.29, 0.717) is 0 Å². The molecule has 0 saturated carbocycles. The summed E-state index contributed by atoms with van der Waals surface area (Å²) in [5, 5.41) is 4.87. The number of hydrogen-bond donors (Lipinski definition) is 0. The number of rotatable bonds is 3. The zero-order chi connectivity index (χ0) is 25.1. The van der Waals surface area contributed by atoms with Gasteiger partial charge in [0.2, 0.25) is 0 Å². The van der Waals surface area contributed by atoms with Gasteiger partial charge in [0.25, 0.3) is 0 Å². The molecule has 0 radical (unpaired) electrons. The van der Waals surface area contributed by atoms with Crippen LogP contribution in [0.1, 0.15) is 0 Å². The third-order valence-electron chi connectivity index (χ3n) is 7.55. The lowest BCUT2D eigenvalue weighted by Crippen LogP contribution is -1.95. The fourth-order valence-corrected chi connectivity index (χ4v) is 5.85. The van der Waals surface area contributed by atoms with E-state index in [1.54, 1.807) is 0 Å². The zero-order valence-corrected chi connectivity index (χ0v) is 20.6.